The van der Waals surface area contributed by atoms with Crippen LogP contribution in [0, 0.1) is 0 Å². The Morgan fingerprint density at radius 2 is 0.788 bits per heavy atom. The summed E-state index contributed by atoms with van der Waals surface area (Å²) in [4.78, 5) is 0. The molecule has 0 fully saturated rings. The molecule has 0 spiro atoms. The van der Waals surface area contributed by atoms with Gasteiger partial charge in [-0.05, 0) is 0 Å². The summed E-state index contributed by atoms with van der Waals surface area (Å²) in [6.07, 6.45) is 6.82. The molecular formula is C48H45Cl2SiZr. The zero-order valence-corrected chi connectivity index (χ0v) is 35.5. The van der Waals surface area contributed by atoms with Gasteiger partial charge in [0.25, 0.3) is 0 Å². The number of rotatable bonds is 9. The van der Waals surface area contributed by atoms with Crippen LogP contribution in [0.25, 0.3) is 56.7 Å². The first-order valence-electron chi connectivity index (χ1n) is 18.8. The van der Waals surface area contributed by atoms with Crippen LogP contribution in [0.4, 0.5) is 0 Å². The van der Waals surface area contributed by atoms with Crippen LogP contribution in [0.1, 0.15) is 56.2 Å². The molecule has 259 valence electrons. The van der Waals surface area contributed by atoms with Gasteiger partial charge in [0.05, 0.1) is 0 Å². The van der Waals surface area contributed by atoms with Crippen LogP contribution in [0.2, 0.25) is 13.1 Å². The molecule has 6 aromatic carbocycles. The molecule has 2 aliphatic rings. The average Bonchev–Trinajstić information content (AvgIpc) is 3.78. The maximum absolute atomic E-state index is 8.81. The molecule has 0 nitrogen and oxygen atoms in total. The molecule has 52 heavy (non-hydrogen) atoms. The Labute approximate surface area is 318 Å². The minimum atomic E-state index is -4.96. The molecule has 6 aromatic rings. The van der Waals surface area contributed by atoms with Crippen molar-refractivity contribution >= 4 is 35.1 Å². The fourth-order valence-corrected chi connectivity index (χ4v) is 41.1. The van der Waals surface area contributed by atoms with Gasteiger partial charge in [0, 0.05) is 0 Å². The Morgan fingerprint density at radius 1 is 0.462 bits per heavy atom. The first kappa shape index (κ1) is 35.5. The van der Waals surface area contributed by atoms with Gasteiger partial charge in [-0.15, -0.1) is 0 Å². The van der Waals surface area contributed by atoms with Gasteiger partial charge < -0.3 is 0 Å². The summed E-state index contributed by atoms with van der Waals surface area (Å²) < 4.78 is 0.0900. The van der Waals surface area contributed by atoms with Crippen LogP contribution in [0.5, 0.6) is 0 Å². The number of hydrogen-bond acceptors (Lipinski definition) is 0. The standard InChI is InChI=1S/2C23H19.C2H7Si.2ClH.Zr/c2*1-2-17-15-20-13-14-21(18-9-5-3-6-10-18)23(22(20)16-17)19-11-7-4-8-12-19;1-3-2;;;/h2*3-16H,2H2,1H3;3H,1-2H3;2*1H;/q;;;;;+2/p-2. The zero-order chi connectivity index (χ0) is 36.1. The van der Waals surface area contributed by atoms with E-state index in [2.05, 4.69) is 185 Å². The van der Waals surface area contributed by atoms with E-state index >= 15 is 0 Å². The zero-order valence-electron chi connectivity index (χ0n) is 30.4. The van der Waals surface area contributed by atoms with Gasteiger partial charge >= 0.3 is 321 Å². The Bertz CT molecular complexity index is 2170. The second kappa shape index (κ2) is 14.0. The van der Waals surface area contributed by atoms with E-state index in [0.717, 1.165) is 12.8 Å². The Morgan fingerprint density at radius 3 is 1.10 bits per heavy atom. The van der Waals surface area contributed by atoms with Crippen molar-refractivity contribution in [3.8, 4) is 44.5 Å². The van der Waals surface area contributed by atoms with Gasteiger partial charge in [0.15, 0.2) is 0 Å². The third-order valence-electron chi connectivity index (χ3n) is 11.9. The molecule has 4 heteroatoms. The van der Waals surface area contributed by atoms with E-state index < -0.39 is 21.5 Å². The van der Waals surface area contributed by atoms with Crippen LogP contribution in [-0.2, 0) is 15.6 Å². The maximum atomic E-state index is 8.81. The van der Waals surface area contributed by atoms with E-state index in [9.17, 15) is 0 Å². The van der Waals surface area contributed by atoms with Crippen molar-refractivity contribution in [2.24, 2.45) is 0 Å². The molecule has 0 heterocycles. The number of allylic oxidation sites excluding steroid dienone is 2. The van der Waals surface area contributed by atoms with Crippen molar-refractivity contribution in [1.82, 2.24) is 0 Å². The molecule has 0 saturated heterocycles. The van der Waals surface area contributed by atoms with Gasteiger partial charge in [-0.3, -0.25) is 0 Å². The Kier molecular flexibility index (Phi) is 9.59. The summed E-state index contributed by atoms with van der Waals surface area (Å²) in [5.41, 5.74) is 18.1. The normalized spacial score (nSPS) is 17.2. The molecule has 2 aliphatic carbocycles. The molecule has 0 aromatic heterocycles. The third kappa shape index (κ3) is 5.65. The first-order valence-corrected chi connectivity index (χ1v) is 35.1. The van der Waals surface area contributed by atoms with E-state index in [-0.39, 0.29) is 7.25 Å². The molecule has 0 aliphatic heterocycles. The molecule has 0 N–H and O–H groups in total. The Balaban J connectivity index is 1.39. The summed E-state index contributed by atoms with van der Waals surface area (Å²) >= 11 is -4.96. The second-order valence-corrected chi connectivity index (χ2v) is 57.3. The minimum absolute atomic E-state index is 0.0450. The quantitative estimate of drug-likeness (QED) is 0.128. The SMILES string of the molecule is CCC1=Cc2c(ccc(-c3ccccc3)c2-c2ccccc2)[CH]1[Zr]([Cl])([Cl])([CH]1C(CC)=Cc2c1ccc(-c1ccccc1)c2-c1ccccc1)[SiH](C)C. The molecule has 0 amide bonds. The van der Waals surface area contributed by atoms with Gasteiger partial charge in [-0.1, -0.05) is 0 Å². The van der Waals surface area contributed by atoms with Crippen LogP contribution in [-0.4, -0.2) is 5.92 Å². The van der Waals surface area contributed by atoms with Crippen molar-refractivity contribution in [1.29, 1.82) is 0 Å². The van der Waals surface area contributed by atoms with Gasteiger partial charge in [0.1, 0.15) is 0 Å². The van der Waals surface area contributed by atoms with Crippen LogP contribution < -0.4 is 0 Å². The fourth-order valence-electron chi connectivity index (χ4n) is 9.32. The molecule has 0 saturated carbocycles. The summed E-state index contributed by atoms with van der Waals surface area (Å²) in [6.45, 7) is 9.51. The molecule has 2 atom stereocenters. The van der Waals surface area contributed by atoms with E-state index in [0.29, 0.717) is 0 Å². The van der Waals surface area contributed by atoms with Crippen molar-refractivity contribution in [2.75, 3.05) is 0 Å². The number of fused-ring (bicyclic) bond motifs is 2. The predicted molar refractivity (Wildman–Crippen MR) is 227 cm³/mol. The monoisotopic (exact) mass is 809 g/mol. The van der Waals surface area contributed by atoms with Crippen molar-refractivity contribution < 1.29 is 15.6 Å². The molecular weight excluding hydrogens is 767 g/mol. The first-order chi connectivity index (χ1) is 25.3. The van der Waals surface area contributed by atoms with Crippen molar-refractivity contribution in [3.63, 3.8) is 0 Å². The summed E-state index contributed by atoms with van der Waals surface area (Å²) in [6, 6.07) is 52.9. The third-order valence-corrected chi connectivity index (χ3v) is 63.7. The van der Waals surface area contributed by atoms with Crippen LogP contribution >= 0.6 is 17.0 Å². The van der Waals surface area contributed by atoms with Crippen molar-refractivity contribution in [3.05, 3.63) is 179 Å². The van der Waals surface area contributed by atoms with E-state index in [1.807, 2.05) is 0 Å². The van der Waals surface area contributed by atoms with Crippen LogP contribution in [0.3, 0.4) is 0 Å². The number of halogens is 2. The van der Waals surface area contributed by atoms with E-state index in [1.54, 1.807) is 0 Å². The fraction of sp³-hybridized carbons (Fsp3) is 0.167. The summed E-state index contributed by atoms with van der Waals surface area (Å²) in [7, 11) is 17.6. The molecule has 0 bridgehead atoms. The van der Waals surface area contributed by atoms with Crippen LogP contribution in [0.15, 0.2) is 157 Å². The van der Waals surface area contributed by atoms with E-state index in [4.69, 9.17) is 17.0 Å². The predicted octanol–water partition coefficient (Wildman–Crippen LogP) is 14.7. The van der Waals surface area contributed by atoms with Gasteiger partial charge in [-0.2, -0.15) is 0 Å². The van der Waals surface area contributed by atoms with Gasteiger partial charge in [0.2, 0.25) is 0 Å². The number of benzene rings is 6. The number of hydrogen-bond donors (Lipinski definition) is 0. The molecule has 0 radical (unpaired) electrons. The summed E-state index contributed by atoms with van der Waals surface area (Å²) in [5, 5.41) is 0. The van der Waals surface area contributed by atoms with Gasteiger partial charge in [-0.25, -0.2) is 0 Å². The second-order valence-electron chi connectivity index (χ2n) is 14.8. The topological polar surface area (TPSA) is 0 Å². The average molecular weight is 812 g/mol. The molecule has 2 unspecified atom stereocenters. The summed E-state index contributed by atoms with van der Waals surface area (Å²) in [5.74, 6) is -1.71. The van der Waals surface area contributed by atoms with E-state index in [1.165, 1.54) is 77.9 Å². The Hall–Kier alpha value is -3.52. The van der Waals surface area contributed by atoms with Crippen molar-refractivity contribution in [2.45, 2.75) is 47.0 Å². The molecule has 8 rings (SSSR count).